The Morgan fingerprint density at radius 3 is 1.09 bits per heavy atom. The minimum Gasteiger partial charge on any atom is -0.508 e. The summed E-state index contributed by atoms with van der Waals surface area (Å²) in [5, 5.41) is 11.3. The lowest BCUT2D eigenvalue weighted by Gasteiger charge is -2.37. The monoisotopic (exact) mass is 1260 g/mol. The predicted molar refractivity (Wildman–Crippen MR) is 351 cm³/mol. The van der Waals surface area contributed by atoms with Gasteiger partial charge in [-0.2, -0.15) is 0 Å². The van der Waals surface area contributed by atoms with Gasteiger partial charge in [0.05, 0.1) is 23.8 Å². The first kappa shape index (κ1) is 63.2. The lowest BCUT2D eigenvalue weighted by molar-refractivity contribution is -0.126. The number of hydrogen-bond acceptors (Lipinski definition) is 12. The number of benzene rings is 9. The molecule has 6 aliphatic heterocycles. The molecule has 0 aliphatic carbocycles. The number of ether oxygens (including phenoxy) is 7. The van der Waals surface area contributed by atoms with Crippen LogP contribution in [0.1, 0.15) is 179 Å². The second-order valence-electron chi connectivity index (χ2n) is 26.3. The van der Waals surface area contributed by atoms with Crippen molar-refractivity contribution in [2.24, 2.45) is 0 Å². The van der Waals surface area contributed by atoms with Gasteiger partial charge in [-0.15, -0.1) is 0 Å². The Hall–Kier alpha value is -9.36. The van der Waals surface area contributed by atoms with E-state index < -0.39 is 16.8 Å². The van der Waals surface area contributed by atoms with Crippen LogP contribution in [-0.4, -0.2) is 36.6 Å². The van der Waals surface area contributed by atoms with E-state index in [9.17, 15) is 19.5 Å². The zero-order valence-corrected chi connectivity index (χ0v) is 53.4. The summed E-state index contributed by atoms with van der Waals surface area (Å²) in [7, 11) is 1.31. The van der Waals surface area contributed by atoms with Crippen LogP contribution < -0.4 is 14.2 Å². The molecular formula is C77H70Cl2O12. The lowest BCUT2D eigenvalue weighted by atomic mass is 9.76. The fraction of sp³-hybridized carbons (Fsp3) is 0.247. The molecule has 9 aromatic rings. The Kier molecular flexibility index (Phi) is 15.9. The summed E-state index contributed by atoms with van der Waals surface area (Å²) in [5.74, 6) is 2.92. The molecule has 91 heavy (non-hydrogen) atoms. The average molecular weight is 1260 g/mol. The van der Waals surface area contributed by atoms with Crippen molar-refractivity contribution in [1.29, 1.82) is 0 Å². The van der Waals surface area contributed by atoms with E-state index in [1.54, 1.807) is 36.4 Å². The molecule has 464 valence electrons. The van der Waals surface area contributed by atoms with Crippen LogP contribution in [0.2, 0.25) is 10.0 Å². The Labute approximate surface area is 540 Å². The number of aryl methyl sites for hydroxylation is 2. The van der Waals surface area contributed by atoms with Gasteiger partial charge < -0.3 is 38.3 Å². The molecule has 0 amide bonds. The topological polar surface area (TPSA) is 153 Å². The van der Waals surface area contributed by atoms with Gasteiger partial charge in [0.25, 0.3) is 6.47 Å². The van der Waals surface area contributed by atoms with Gasteiger partial charge in [-0.05, 0) is 131 Å². The predicted octanol–water partition coefficient (Wildman–Crippen LogP) is 18.7. The first-order valence-corrected chi connectivity index (χ1v) is 30.3. The van der Waals surface area contributed by atoms with Crippen LogP contribution in [0.3, 0.4) is 0 Å². The summed E-state index contributed by atoms with van der Waals surface area (Å²) in [5.41, 5.74) is 10.4. The molecule has 6 aliphatic rings. The number of carbonyl (C=O) groups excluding carboxylic acids is 4. The second-order valence-corrected chi connectivity index (χ2v) is 27.1. The molecule has 12 nitrogen and oxygen atoms in total. The highest BCUT2D eigenvalue weighted by Gasteiger charge is 2.57. The third-order valence-corrected chi connectivity index (χ3v) is 17.8. The van der Waals surface area contributed by atoms with Crippen LogP contribution in [0.15, 0.2) is 170 Å². The summed E-state index contributed by atoms with van der Waals surface area (Å²) >= 11 is 13.5. The normalized spacial score (nSPS) is 18.5. The van der Waals surface area contributed by atoms with E-state index in [1.807, 2.05) is 141 Å². The number of phenols is 1. The van der Waals surface area contributed by atoms with Crippen molar-refractivity contribution in [1.82, 2.24) is 0 Å². The van der Waals surface area contributed by atoms with Crippen LogP contribution >= 0.6 is 23.2 Å². The molecule has 0 saturated carbocycles. The molecule has 6 heterocycles. The maximum absolute atomic E-state index is 12.8. The Morgan fingerprint density at radius 1 is 0.407 bits per heavy atom. The third-order valence-electron chi connectivity index (χ3n) is 17.2. The number of halogens is 2. The van der Waals surface area contributed by atoms with Gasteiger partial charge in [-0.25, -0.2) is 14.4 Å². The quantitative estimate of drug-likeness (QED) is 0.0945. The van der Waals surface area contributed by atoms with Crippen molar-refractivity contribution in [3.8, 4) is 40.2 Å². The van der Waals surface area contributed by atoms with Gasteiger partial charge in [0.15, 0.2) is 16.8 Å². The van der Waals surface area contributed by atoms with E-state index in [4.69, 9.17) is 56.4 Å². The maximum Gasteiger partial charge on any atom is 0.340 e. The number of methoxy groups -OCH3 is 1. The standard InChI is InChI=1S/2C25H21ClO3.C24H20O4.C2H4O2.CH4/c2*1-14-9-10-17-21(11-14)28-22-13-18(24(2,3)4)20(26)12-19(22)25(17)16-8-6-5-7-15(16)23(27)29-25;1-23(2,3)14-8-10-18-20(12-14)27-21-13-15(25)9-11-19(21)24(18)17-7-5-4-6-16(17)22(26)28-24;1-4-2-3;/h2*5-13H,1-4H3;4-13,25H,1-3H3;2H,1H3;1H4. The van der Waals surface area contributed by atoms with Crippen molar-refractivity contribution >= 4 is 47.6 Å². The maximum atomic E-state index is 12.8. The van der Waals surface area contributed by atoms with Gasteiger partial charge in [0.2, 0.25) is 0 Å². The van der Waals surface area contributed by atoms with Gasteiger partial charge in [0.1, 0.15) is 40.2 Å². The smallest absolute Gasteiger partial charge is 0.340 e. The number of carbonyl (C=O) groups is 4. The SMILES string of the molecule is C.CC(C)(C)c1ccc2c(c1)Oc1cc(O)ccc1C21OC(=O)c2ccccc21.COC=O.Cc1ccc2c(c1)Oc1cc(C(C)(C)C)c(Cl)cc1C21OC(=O)c2ccccc21.Cc1ccc2c(c1)Oc1cc(C(C)(C)C)c(Cl)cc1C21OC(=O)c2ccccc21. The highest BCUT2D eigenvalue weighted by Crippen LogP contribution is 2.61. The van der Waals surface area contributed by atoms with E-state index in [1.165, 1.54) is 7.11 Å². The molecule has 15 rings (SSSR count). The number of fused-ring (bicyclic) bond motifs is 18. The average Bonchev–Trinajstić information content (AvgIpc) is 1.51. The number of phenolic OH excluding ortho intramolecular Hbond substituents is 1. The minimum absolute atomic E-state index is 0. The van der Waals surface area contributed by atoms with Gasteiger partial charge in [-0.1, -0.05) is 184 Å². The molecule has 0 aromatic heterocycles. The molecule has 3 unspecified atom stereocenters. The van der Waals surface area contributed by atoms with Gasteiger partial charge in [-0.3, -0.25) is 4.79 Å². The molecule has 0 fully saturated rings. The van der Waals surface area contributed by atoms with Crippen LogP contribution in [0.5, 0.6) is 40.2 Å². The van der Waals surface area contributed by atoms with E-state index in [0.29, 0.717) is 73.3 Å². The number of aromatic hydroxyl groups is 1. The van der Waals surface area contributed by atoms with Crippen molar-refractivity contribution in [2.75, 3.05) is 7.11 Å². The molecule has 3 spiro atoms. The first-order valence-electron chi connectivity index (χ1n) is 29.5. The van der Waals surface area contributed by atoms with Crippen LogP contribution in [-0.2, 0) is 56.8 Å². The summed E-state index contributed by atoms with van der Waals surface area (Å²) in [6.07, 6.45) is 0. The van der Waals surface area contributed by atoms with Crippen LogP contribution in [0.4, 0.5) is 0 Å². The van der Waals surface area contributed by atoms with Crippen molar-refractivity contribution in [3.05, 3.63) is 274 Å². The molecule has 0 radical (unpaired) electrons. The minimum atomic E-state index is -1.08. The molecule has 0 saturated heterocycles. The van der Waals surface area contributed by atoms with Gasteiger partial charge >= 0.3 is 17.9 Å². The highest BCUT2D eigenvalue weighted by molar-refractivity contribution is 6.32. The number of hydrogen-bond donors (Lipinski definition) is 1. The first-order chi connectivity index (χ1) is 42.6. The Morgan fingerprint density at radius 2 is 0.725 bits per heavy atom. The largest absolute Gasteiger partial charge is 0.508 e. The fourth-order valence-electron chi connectivity index (χ4n) is 12.9. The second kappa shape index (κ2) is 22.8. The molecule has 3 atom stereocenters. The zero-order chi connectivity index (χ0) is 64.2. The van der Waals surface area contributed by atoms with Crippen molar-refractivity contribution in [3.63, 3.8) is 0 Å². The van der Waals surface area contributed by atoms with Crippen LogP contribution in [0.25, 0.3) is 0 Å². The molecule has 1 N–H and O–H groups in total. The molecule has 0 bridgehead atoms. The Bertz CT molecular complexity index is 4300. The Balaban J connectivity index is 0.000000135. The van der Waals surface area contributed by atoms with E-state index in [-0.39, 0.29) is 47.3 Å². The fourth-order valence-corrected chi connectivity index (χ4v) is 13.8. The molecular weight excluding hydrogens is 1190 g/mol. The third kappa shape index (κ3) is 10.3. The van der Waals surface area contributed by atoms with Crippen molar-refractivity contribution < 1.29 is 57.4 Å². The van der Waals surface area contributed by atoms with Gasteiger partial charge in [0, 0.05) is 66.2 Å². The van der Waals surface area contributed by atoms with E-state index >= 15 is 0 Å². The van der Waals surface area contributed by atoms with E-state index in [2.05, 4.69) is 73.1 Å². The summed E-state index contributed by atoms with van der Waals surface area (Å²) in [6.45, 7) is 23.5. The zero-order valence-electron chi connectivity index (χ0n) is 51.9. The number of esters is 3. The molecule has 14 heteroatoms. The molecule has 9 aromatic carbocycles. The summed E-state index contributed by atoms with van der Waals surface area (Å²) in [4.78, 5) is 47.4. The lowest BCUT2D eigenvalue weighted by Crippen LogP contribution is -2.33. The highest BCUT2D eigenvalue weighted by atomic mass is 35.5. The van der Waals surface area contributed by atoms with Crippen LogP contribution in [0, 0.1) is 13.8 Å². The van der Waals surface area contributed by atoms with E-state index in [0.717, 1.165) is 72.3 Å². The summed E-state index contributed by atoms with van der Waals surface area (Å²) < 4.78 is 41.1. The van der Waals surface area contributed by atoms with Crippen molar-refractivity contribution in [2.45, 2.75) is 117 Å². The summed E-state index contributed by atoms with van der Waals surface area (Å²) in [6, 6.07) is 53.2. The number of rotatable bonds is 1.